The number of rotatable bonds is 5. The summed E-state index contributed by atoms with van der Waals surface area (Å²) in [5, 5.41) is 9.21. The van der Waals surface area contributed by atoms with Crippen molar-refractivity contribution >= 4 is 10.0 Å². The van der Waals surface area contributed by atoms with E-state index in [4.69, 9.17) is 0 Å². The lowest BCUT2D eigenvalue weighted by Crippen LogP contribution is -2.31. The maximum absolute atomic E-state index is 12.3. The molecule has 2 N–H and O–H groups in total. The summed E-state index contributed by atoms with van der Waals surface area (Å²) in [4.78, 5) is 0.183. The molecule has 106 valence electrons. The summed E-state index contributed by atoms with van der Waals surface area (Å²) in [7, 11) is -3.52. The molecule has 1 aliphatic rings. The lowest BCUT2D eigenvalue weighted by atomic mass is 9.99. The molecule has 2 atom stereocenters. The molecule has 1 saturated carbocycles. The van der Waals surface area contributed by atoms with Gasteiger partial charge in [-0.15, -0.1) is 0 Å². The van der Waals surface area contributed by atoms with Crippen LogP contribution in [0.1, 0.15) is 31.7 Å². The van der Waals surface area contributed by atoms with Crippen molar-refractivity contribution in [2.24, 2.45) is 11.8 Å². The Morgan fingerprint density at radius 3 is 2.68 bits per heavy atom. The number of aliphatic hydroxyl groups excluding tert-OH is 1. The molecule has 2 unspecified atom stereocenters. The number of hydrogen-bond donors (Lipinski definition) is 2. The van der Waals surface area contributed by atoms with Gasteiger partial charge in [0, 0.05) is 6.54 Å². The second-order valence-corrected chi connectivity index (χ2v) is 7.02. The van der Waals surface area contributed by atoms with E-state index in [0.29, 0.717) is 23.9 Å². The van der Waals surface area contributed by atoms with E-state index in [1.165, 1.54) is 18.9 Å². The Hall–Kier alpha value is -0.910. The topological polar surface area (TPSA) is 66.4 Å². The van der Waals surface area contributed by atoms with Gasteiger partial charge in [-0.05, 0) is 29.9 Å². The van der Waals surface area contributed by atoms with Gasteiger partial charge in [-0.1, -0.05) is 38.0 Å². The highest BCUT2D eigenvalue weighted by Crippen LogP contribution is 2.30. The van der Waals surface area contributed by atoms with Crippen molar-refractivity contribution in [3.05, 3.63) is 29.8 Å². The first-order valence-electron chi connectivity index (χ1n) is 6.73. The maximum atomic E-state index is 12.3. The number of nitrogens with one attached hydrogen (secondary N) is 1. The SMILES string of the molecule is CC1CCCC1CNS(=O)(=O)c1ccccc1CO. The van der Waals surface area contributed by atoms with Gasteiger partial charge < -0.3 is 5.11 Å². The van der Waals surface area contributed by atoms with E-state index in [-0.39, 0.29) is 11.5 Å². The lowest BCUT2D eigenvalue weighted by molar-refractivity contribution is 0.278. The van der Waals surface area contributed by atoms with Gasteiger partial charge in [-0.3, -0.25) is 0 Å². The Bertz CT molecular complexity index is 527. The molecule has 0 heterocycles. The van der Waals surface area contributed by atoms with E-state index in [1.54, 1.807) is 18.2 Å². The molecule has 0 aliphatic heterocycles. The third-order valence-corrected chi connectivity index (χ3v) is 5.53. The molecule has 1 aromatic carbocycles. The molecule has 1 fully saturated rings. The standard InChI is InChI=1S/C14H21NO3S/c1-11-5-4-7-12(11)9-15-19(17,18)14-8-3-2-6-13(14)10-16/h2-3,6,8,11-12,15-16H,4-5,7,9-10H2,1H3. The first-order chi connectivity index (χ1) is 9.04. The van der Waals surface area contributed by atoms with Gasteiger partial charge in [0.05, 0.1) is 11.5 Å². The summed E-state index contributed by atoms with van der Waals surface area (Å²) in [6.07, 6.45) is 3.45. The Kier molecular flexibility index (Phi) is 4.60. The monoisotopic (exact) mass is 283 g/mol. The van der Waals surface area contributed by atoms with Crippen molar-refractivity contribution in [3.8, 4) is 0 Å². The normalized spacial score (nSPS) is 23.7. The second kappa shape index (κ2) is 6.03. The Morgan fingerprint density at radius 2 is 2.05 bits per heavy atom. The average Bonchev–Trinajstić information content (AvgIpc) is 2.82. The van der Waals surface area contributed by atoms with Gasteiger partial charge in [0.25, 0.3) is 0 Å². The Balaban J connectivity index is 2.09. The Morgan fingerprint density at radius 1 is 1.32 bits per heavy atom. The van der Waals surface area contributed by atoms with Gasteiger partial charge in [0.1, 0.15) is 0 Å². The fourth-order valence-corrected chi connectivity index (χ4v) is 4.04. The van der Waals surface area contributed by atoms with Crippen LogP contribution < -0.4 is 4.72 Å². The molecule has 5 heteroatoms. The number of hydrogen-bond acceptors (Lipinski definition) is 3. The van der Waals surface area contributed by atoms with Crippen LogP contribution in [0.3, 0.4) is 0 Å². The molecular formula is C14H21NO3S. The predicted molar refractivity (Wildman–Crippen MR) is 74.1 cm³/mol. The zero-order valence-electron chi connectivity index (χ0n) is 11.2. The third-order valence-electron chi connectivity index (χ3n) is 4.01. The largest absolute Gasteiger partial charge is 0.392 e. The fraction of sp³-hybridized carbons (Fsp3) is 0.571. The van der Waals surface area contributed by atoms with Crippen LogP contribution in [0.25, 0.3) is 0 Å². The van der Waals surface area contributed by atoms with Crippen LogP contribution in [0.5, 0.6) is 0 Å². The number of sulfonamides is 1. The summed E-state index contributed by atoms with van der Waals surface area (Å²) >= 11 is 0. The van der Waals surface area contributed by atoms with E-state index in [1.807, 2.05) is 0 Å². The number of benzene rings is 1. The van der Waals surface area contributed by atoms with Crippen molar-refractivity contribution < 1.29 is 13.5 Å². The Labute approximate surface area is 114 Å². The van der Waals surface area contributed by atoms with Crippen molar-refractivity contribution in [1.29, 1.82) is 0 Å². The third kappa shape index (κ3) is 3.35. The molecule has 0 radical (unpaired) electrons. The average molecular weight is 283 g/mol. The van der Waals surface area contributed by atoms with E-state index in [9.17, 15) is 13.5 Å². The molecule has 0 aromatic heterocycles. The van der Waals surface area contributed by atoms with Gasteiger partial charge in [0.15, 0.2) is 0 Å². The second-order valence-electron chi connectivity index (χ2n) is 5.29. The smallest absolute Gasteiger partial charge is 0.240 e. The first kappa shape index (κ1) is 14.5. The minimum absolute atomic E-state index is 0.183. The number of aliphatic hydroxyl groups is 1. The van der Waals surface area contributed by atoms with Crippen LogP contribution >= 0.6 is 0 Å². The predicted octanol–water partition coefficient (Wildman–Crippen LogP) is 1.89. The zero-order valence-corrected chi connectivity index (χ0v) is 12.0. The summed E-state index contributed by atoms with van der Waals surface area (Å²) in [6.45, 7) is 2.40. The molecule has 0 amide bonds. The summed E-state index contributed by atoms with van der Waals surface area (Å²) in [5.41, 5.74) is 0.439. The highest BCUT2D eigenvalue weighted by molar-refractivity contribution is 7.89. The molecule has 0 spiro atoms. The molecule has 0 bridgehead atoms. The lowest BCUT2D eigenvalue weighted by Gasteiger charge is -2.17. The summed E-state index contributed by atoms with van der Waals surface area (Å²) in [6, 6.07) is 6.56. The van der Waals surface area contributed by atoms with E-state index in [0.717, 1.165) is 6.42 Å². The van der Waals surface area contributed by atoms with E-state index < -0.39 is 10.0 Å². The first-order valence-corrected chi connectivity index (χ1v) is 8.21. The quantitative estimate of drug-likeness (QED) is 0.867. The molecule has 2 rings (SSSR count). The highest BCUT2D eigenvalue weighted by atomic mass is 32.2. The fourth-order valence-electron chi connectivity index (χ4n) is 2.72. The maximum Gasteiger partial charge on any atom is 0.240 e. The minimum atomic E-state index is -3.52. The van der Waals surface area contributed by atoms with Crippen LogP contribution in [0.2, 0.25) is 0 Å². The van der Waals surface area contributed by atoms with Gasteiger partial charge in [-0.2, -0.15) is 0 Å². The van der Waals surface area contributed by atoms with Crippen molar-refractivity contribution in [2.75, 3.05) is 6.54 Å². The van der Waals surface area contributed by atoms with Crippen molar-refractivity contribution in [3.63, 3.8) is 0 Å². The van der Waals surface area contributed by atoms with Crippen LogP contribution in [0.15, 0.2) is 29.2 Å². The summed E-state index contributed by atoms with van der Waals surface area (Å²) in [5.74, 6) is 1.01. The van der Waals surface area contributed by atoms with Gasteiger partial charge in [0.2, 0.25) is 10.0 Å². The van der Waals surface area contributed by atoms with Crippen LogP contribution in [0, 0.1) is 11.8 Å². The molecule has 1 aromatic rings. The van der Waals surface area contributed by atoms with Crippen LogP contribution in [-0.4, -0.2) is 20.1 Å². The van der Waals surface area contributed by atoms with Crippen LogP contribution in [0.4, 0.5) is 0 Å². The van der Waals surface area contributed by atoms with Crippen molar-refractivity contribution in [2.45, 2.75) is 37.7 Å². The minimum Gasteiger partial charge on any atom is -0.392 e. The van der Waals surface area contributed by atoms with Crippen molar-refractivity contribution in [1.82, 2.24) is 4.72 Å². The van der Waals surface area contributed by atoms with E-state index in [2.05, 4.69) is 11.6 Å². The molecular weight excluding hydrogens is 262 g/mol. The highest BCUT2D eigenvalue weighted by Gasteiger charge is 2.26. The summed E-state index contributed by atoms with van der Waals surface area (Å²) < 4.78 is 27.2. The van der Waals surface area contributed by atoms with E-state index >= 15 is 0 Å². The molecule has 4 nitrogen and oxygen atoms in total. The zero-order chi connectivity index (χ0) is 13.9. The molecule has 19 heavy (non-hydrogen) atoms. The molecule has 1 aliphatic carbocycles. The van der Waals surface area contributed by atoms with Gasteiger partial charge >= 0.3 is 0 Å². The van der Waals surface area contributed by atoms with Crippen LogP contribution in [-0.2, 0) is 16.6 Å². The van der Waals surface area contributed by atoms with Gasteiger partial charge in [-0.25, -0.2) is 13.1 Å². The molecule has 0 saturated heterocycles.